The van der Waals surface area contributed by atoms with E-state index >= 15 is 0 Å². The van der Waals surface area contributed by atoms with Crippen molar-refractivity contribution >= 4 is 22.5 Å². The van der Waals surface area contributed by atoms with Gasteiger partial charge in [-0.15, -0.1) is 0 Å². The Kier molecular flexibility index (Phi) is 4.67. The van der Waals surface area contributed by atoms with Crippen molar-refractivity contribution in [2.24, 2.45) is 0 Å². The van der Waals surface area contributed by atoms with Gasteiger partial charge in [0.15, 0.2) is 0 Å². The molecule has 2 N–H and O–H groups in total. The van der Waals surface area contributed by atoms with Gasteiger partial charge in [0.1, 0.15) is 5.75 Å². The van der Waals surface area contributed by atoms with Gasteiger partial charge in [0.2, 0.25) is 0 Å². The molecule has 0 aliphatic heterocycles. The summed E-state index contributed by atoms with van der Waals surface area (Å²) in [4.78, 5) is 17.4. The van der Waals surface area contributed by atoms with Crippen LogP contribution in [-0.2, 0) is 6.61 Å². The summed E-state index contributed by atoms with van der Waals surface area (Å²) in [5, 5.41) is 13.0. The van der Waals surface area contributed by atoms with E-state index in [1.54, 1.807) is 19.2 Å². The lowest BCUT2D eigenvalue weighted by Crippen LogP contribution is -2.14. The first-order valence-corrected chi connectivity index (χ1v) is 7.99. The van der Waals surface area contributed by atoms with Crippen LogP contribution in [0.5, 0.6) is 5.75 Å². The van der Waals surface area contributed by atoms with Crippen LogP contribution in [0.2, 0.25) is 0 Å². The quantitative estimate of drug-likeness (QED) is 0.763. The number of aryl methyl sites for hydroxylation is 2. The molecule has 5 heteroatoms. The minimum absolute atomic E-state index is 0.0718. The molecule has 1 amide bonds. The molecule has 0 unspecified atom stereocenters. The highest BCUT2D eigenvalue weighted by Gasteiger charge is 2.14. The Bertz CT molecular complexity index is 951. The van der Waals surface area contributed by atoms with Gasteiger partial charge in [-0.05, 0) is 55.3 Å². The molecule has 0 radical (unpaired) electrons. The fourth-order valence-corrected chi connectivity index (χ4v) is 2.74. The number of benzene rings is 2. The molecule has 0 saturated carbocycles. The molecule has 3 aromatic rings. The molecule has 0 aliphatic rings. The molecule has 0 fully saturated rings. The Hall–Kier alpha value is -2.92. The van der Waals surface area contributed by atoms with Gasteiger partial charge in [-0.1, -0.05) is 12.1 Å². The number of methoxy groups -OCH3 is 1. The number of aromatic nitrogens is 1. The predicted octanol–water partition coefficient (Wildman–Crippen LogP) is 3.60. The van der Waals surface area contributed by atoms with E-state index < -0.39 is 0 Å². The van der Waals surface area contributed by atoms with Gasteiger partial charge in [-0.2, -0.15) is 0 Å². The molecular weight excluding hydrogens is 316 g/mol. The summed E-state index contributed by atoms with van der Waals surface area (Å²) >= 11 is 0. The van der Waals surface area contributed by atoms with E-state index in [4.69, 9.17) is 4.74 Å². The maximum atomic E-state index is 12.9. The Morgan fingerprint density at radius 3 is 2.68 bits per heavy atom. The van der Waals surface area contributed by atoms with Crippen molar-refractivity contribution in [2.75, 3.05) is 12.4 Å². The second-order valence-electron chi connectivity index (χ2n) is 5.96. The largest absolute Gasteiger partial charge is 0.497 e. The molecule has 0 atom stereocenters. The van der Waals surface area contributed by atoms with Gasteiger partial charge >= 0.3 is 0 Å². The van der Waals surface area contributed by atoms with Crippen LogP contribution in [0.15, 0.2) is 42.5 Å². The minimum atomic E-state index is -0.220. The molecule has 0 aliphatic carbocycles. The lowest BCUT2D eigenvalue weighted by molar-refractivity contribution is 0.102. The highest BCUT2D eigenvalue weighted by Crippen LogP contribution is 2.25. The zero-order valence-corrected chi connectivity index (χ0v) is 14.5. The van der Waals surface area contributed by atoms with Crippen LogP contribution in [0.1, 0.15) is 27.2 Å². The molecule has 5 nitrogen and oxygen atoms in total. The predicted molar refractivity (Wildman–Crippen MR) is 98.1 cm³/mol. The fraction of sp³-hybridized carbons (Fsp3) is 0.200. The van der Waals surface area contributed by atoms with Gasteiger partial charge in [-0.3, -0.25) is 9.78 Å². The molecule has 3 rings (SSSR count). The number of anilines is 1. The lowest BCUT2D eigenvalue weighted by Gasteiger charge is -2.12. The summed E-state index contributed by atoms with van der Waals surface area (Å²) in [7, 11) is 1.59. The molecular formula is C20H20N2O3. The third kappa shape index (κ3) is 3.46. The maximum absolute atomic E-state index is 12.9. The number of hydrogen-bond acceptors (Lipinski definition) is 4. The third-order valence-electron chi connectivity index (χ3n) is 4.12. The van der Waals surface area contributed by atoms with Crippen LogP contribution in [0.25, 0.3) is 10.9 Å². The lowest BCUT2D eigenvalue weighted by atomic mass is 10.1. The molecule has 0 saturated heterocycles. The number of aliphatic hydroxyl groups excluding tert-OH is 1. The summed E-state index contributed by atoms with van der Waals surface area (Å²) in [5.41, 5.74) is 4.41. The standard InChI is InChI=1S/C20H20N2O3/c1-12-4-5-14(11-23)9-19(12)22-20(24)17-8-13(2)21-18-7-6-15(25-3)10-16(17)18/h4-10,23H,11H2,1-3H3,(H,22,24). The molecule has 0 bridgehead atoms. The number of nitrogens with zero attached hydrogens (tertiary/aromatic N) is 1. The van der Waals surface area contributed by atoms with E-state index in [0.717, 1.165) is 27.7 Å². The summed E-state index contributed by atoms with van der Waals surface area (Å²) in [6.07, 6.45) is 0. The fourth-order valence-electron chi connectivity index (χ4n) is 2.74. The molecule has 1 heterocycles. The van der Waals surface area contributed by atoms with E-state index in [1.807, 2.05) is 44.2 Å². The first kappa shape index (κ1) is 16.9. The van der Waals surface area contributed by atoms with Crippen molar-refractivity contribution in [1.82, 2.24) is 4.98 Å². The van der Waals surface area contributed by atoms with Crippen molar-refractivity contribution in [2.45, 2.75) is 20.5 Å². The maximum Gasteiger partial charge on any atom is 0.256 e. The summed E-state index contributed by atoms with van der Waals surface area (Å²) < 4.78 is 5.27. The van der Waals surface area contributed by atoms with E-state index in [9.17, 15) is 9.90 Å². The number of ether oxygens (including phenoxy) is 1. The average molecular weight is 336 g/mol. The number of rotatable bonds is 4. The van der Waals surface area contributed by atoms with Crippen LogP contribution in [0, 0.1) is 13.8 Å². The molecule has 128 valence electrons. The third-order valence-corrected chi connectivity index (χ3v) is 4.12. The van der Waals surface area contributed by atoms with Crippen molar-refractivity contribution in [3.63, 3.8) is 0 Å². The highest BCUT2D eigenvalue weighted by molar-refractivity contribution is 6.12. The minimum Gasteiger partial charge on any atom is -0.497 e. The number of carbonyl (C=O) groups is 1. The van der Waals surface area contributed by atoms with Gasteiger partial charge < -0.3 is 15.2 Å². The Morgan fingerprint density at radius 2 is 1.96 bits per heavy atom. The van der Waals surface area contributed by atoms with Gasteiger partial charge in [0.25, 0.3) is 5.91 Å². The molecule has 2 aromatic carbocycles. The topological polar surface area (TPSA) is 71.5 Å². The van der Waals surface area contributed by atoms with Crippen molar-refractivity contribution < 1.29 is 14.6 Å². The van der Waals surface area contributed by atoms with Crippen LogP contribution < -0.4 is 10.1 Å². The zero-order chi connectivity index (χ0) is 18.0. The van der Waals surface area contributed by atoms with Gasteiger partial charge in [-0.25, -0.2) is 0 Å². The van der Waals surface area contributed by atoms with Crippen LogP contribution in [0.3, 0.4) is 0 Å². The highest BCUT2D eigenvalue weighted by atomic mass is 16.5. The van der Waals surface area contributed by atoms with Crippen LogP contribution in [-0.4, -0.2) is 23.1 Å². The average Bonchev–Trinajstić information content (AvgIpc) is 2.62. The van der Waals surface area contributed by atoms with Crippen molar-refractivity contribution in [1.29, 1.82) is 0 Å². The van der Waals surface area contributed by atoms with E-state index in [0.29, 0.717) is 17.0 Å². The Labute approximate surface area is 146 Å². The number of hydrogen-bond donors (Lipinski definition) is 2. The first-order valence-electron chi connectivity index (χ1n) is 7.99. The molecule has 1 aromatic heterocycles. The number of fused-ring (bicyclic) bond motifs is 1. The zero-order valence-electron chi connectivity index (χ0n) is 14.5. The second-order valence-corrected chi connectivity index (χ2v) is 5.96. The van der Waals surface area contributed by atoms with Crippen LogP contribution >= 0.6 is 0 Å². The second kappa shape index (κ2) is 6.91. The van der Waals surface area contributed by atoms with Crippen LogP contribution in [0.4, 0.5) is 5.69 Å². The number of nitrogens with one attached hydrogen (secondary N) is 1. The first-order chi connectivity index (χ1) is 12.0. The van der Waals surface area contributed by atoms with E-state index in [1.165, 1.54) is 0 Å². The SMILES string of the molecule is COc1ccc2nc(C)cc(C(=O)Nc3cc(CO)ccc3C)c2c1. The monoisotopic (exact) mass is 336 g/mol. The molecule has 25 heavy (non-hydrogen) atoms. The number of aliphatic hydroxyl groups is 1. The summed E-state index contributed by atoms with van der Waals surface area (Å²) in [6, 6.07) is 12.7. The van der Waals surface area contributed by atoms with E-state index in [-0.39, 0.29) is 12.5 Å². The summed E-state index contributed by atoms with van der Waals surface area (Å²) in [6.45, 7) is 3.70. The van der Waals surface area contributed by atoms with Crippen molar-refractivity contribution in [3.05, 3.63) is 64.8 Å². The number of carbonyl (C=O) groups excluding carboxylic acids is 1. The smallest absolute Gasteiger partial charge is 0.256 e. The Morgan fingerprint density at radius 1 is 1.16 bits per heavy atom. The summed E-state index contributed by atoms with van der Waals surface area (Å²) in [5.74, 6) is 0.451. The number of pyridine rings is 1. The van der Waals surface area contributed by atoms with Gasteiger partial charge in [0.05, 0.1) is 24.8 Å². The van der Waals surface area contributed by atoms with Crippen molar-refractivity contribution in [3.8, 4) is 5.75 Å². The Balaban J connectivity index is 2.05. The van der Waals surface area contributed by atoms with Gasteiger partial charge in [0, 0.05) is 16.8 Å². The molecule has 0 spiro atoms. The normalized spacial score (nSPS) is 10.7. The number of amides is 1. The van der Waals surface area contributed by atoms with E-state index in [2.05, 4.69) is 10.3 Å².